The molecule has 0 aliphatic carbocycles. The highest BCUT2D eigenvalue weighted by atomic mass is 16.2. The largest absolute Gasteiger partial charge is 0.341 e. The molecule has 2 amide bonds. The van der Waals surface area contributed by atoms with Crippen molar-refractivity contribution in [2.45, 2.75) is 13.0 Å². The summed E-state index contributed by atoms with van der Waals surface area (Å²) in [6, 6.07) is 9.46. The van der Waals surface area contributed by atoms with Gasteiger partial charge in [0.2, 0.25) is 0 Å². The summed E-state index contributed by atoms with van der Waals surface area (Å²) in [5.41, 5.74) is 0.993. The Morgan fingerprint density at radius 2 is 1.70 bits per heavy atom. The molecule has 0 saturated carbocycles. The van der Waals surface area contributed by atoms with E-state index < -0.39 is 11.8 Å². The van der Waals surface area contributed by atoms with Gasteiger partial charge in [0.25, 0.3) is 0 Å². The lowest BCUT2D eigenvalue weighted by molar-refractivity contribution is -0.147. The van der Waals surface area contributed by atoms with Crippen molar-refractivity contribution in [1.29, 1.82) is 0 Å². The molecule has 1 aliphatic rings. The molecular weight excluding hydrogens is 254 g/mol. The summed E-state index contributed by atoms with van der Waals surface area (Å²) in [5.74, 6) is -0.952. The second-order valence-corrected chi connectivity index (χ2v) is 5.20. The number of hydrogen-bond acceptors (Lipinski definition) is 3. The van der Waals surface area contributed by atoms with Crippen LogP contribution in [0.15, 0.2) is 30.3 Å². The third-order valence-electron chi connectivity index (χ3n) is 3.63. The summed E-state index contributed by atoms with van der Waals surface area (Å²) in [6.45, 7) is 4.73. The molecule has 20 heavy (non-hydrogen) atoms. The first kappa shape index (κ1) is 14.5. The van der Waals surface area contributed by atoms with Crippen molar-refractivity contribution in [3.63, 3.8) is 0 Å². The molecule has 0 aromatic heterocycles. The molecule has 1 unspecified atom stereocenters. The normalized spacial score (nSPS) is 17.6. The Morgan fingerprint density at radius 3 is 2.30 bits per heavy atom. The van der Waals surface area contributed by atoms with E-state index in [1.807, 2.05) is 44.3 Å². The number of benzene rings is 1. The zero-order valence-electron chi connectivity index (χ0n) is 12.0. The zero-order chi connectivity index (χ0) is 14.5. The van der Waals surface area contributed by atoms with Gasteiger partial charge < -0.3 is 15.1 Å². The summed E-state index contributed by atoms with van der Waals surface area (Å²) in [7, 11) is 2.01. The first-order valence-corrected chi connectivity index (χ1v) is 6.91. The van der Waals surface area contributed by atoms with Crippen LogP contribution in [0, 0.1) is 0 Å². The molecule has 0 radical (unpaired) electrons. The molecule has 1 atom stereocenters. The van der Waals surface area contributed by atoms with E-state index in [1.165, 1.54) is 0 Å². The van der Waals surface area contributed by atoms with Crippen molar-refractivity contribution in [3.8, 4) is 0 Å². The van der Waals surface area contributed by atoms with Crippen molar-refractivity contribution < 1.29 is 9.59 Å². The van der Waals surface area contributed by atoms with Crippen molar-refractivity contribution >= 4 is 11.8 Å². The number of nitrogens with zero attached hydrogens (tertiary/aromatic N) is 2. The minimum absolute atomic E-state index is 0.167. The van der Waals surface area contributed by atoms with Crippen molar-refractivity contribution in [2.24, 2.45) is 0 Å². The highest BCUT2D eigenvalue weighted by Gasteiger charge is 2.25. The van der Waals surface area contributed by atoms with E-state index in [0.717, 1.165) is 18.7 Å². The molecule has 0 bridgehead atoms. The van der Waals surface area contributed by atoms with E-state index in [4.69, 9.17) is 0 Å². The molecule has 1 heterocycles. The molecule has 108 valence electrons. The summed E-state index contributed by atoms with van der Waals surface area (Å²) in [4.78, 5) is 27.8. The lowest BCUT2D eigenvalue weighted by Gasteiger charge is -2.32. The Bertz CT molecular complexity index is 467. The van der Waals surface area contributed by atoms with Crippen LogP contribution < -0.4 is 5.32 Å². The summed E-state index contributed by atoms with van der Waals surface area (Å²) >= 11 is 0. The fourth-order valence-electron chi connectivity index (χ4n) is 2.24. The van der Waals surface area contributed by atoms with E-state index in [9.17, 15) is 9.59 Å². The minimum atomic E-state index is -0.522. The maximum absolute atomic E-state index is 12.1. The number of nitrogens with one attached hydrogen (secondary N) is 1. The quantitative estimate of drug-likeness (QED) is 0.806. The lowest BCUT2D eigenvalue weighted by Crippen LogP contribution is -2.51. The van der Waals surface area contributed by atoms with E-state index in [0.29, 0.717) is 13.1 Å². The number of likely N-dealkylation sites (N-methyl/N-ethyl adjacent to an activating group) is 1. The number of rotatable bonds is 2. The van der Waals surface area contributed by atoms with Crippen LogP contribution in [-0.2, 0) is 9.59 Å². The van der Waals surface area contributed by atoms with E-state index in [2.05, 4.69) is 10.2 Å². The standard InChI is InChI=1S/C15H21N3O2/c1-12(13-6-4-3-5-7-13)16-14(19)15(20)18-10-8-17(2)9-11-18/h3-7,12H,8-11H2,1-2H3,(H,16,19). The third kappa shape index (κ3) is 3.57. The predicted molar refractivity (Wildman–Crippen MR) is 77.1 cm³/mol. The summed E-state index contributed by atoms with van der Waals surface area (Å²) < 4.78 is 0. The first-order valence-electron chi connectivity index (χ1n) is 6.91. The molecule has 1 aromatic carbocycles. The molecular formula is C15H21N3O2. The number of hydrogen-bond donors (Lipinski definition) is 1. The number of carbonyl (C=O) groups is 2. The van der Waals surface area contributed by atoms with Crippen LogP contribution in [0.25, 0.3) is 0 Å². The average molecular weight is 275 g/mol. The van der Waals surface area contributed by atoms with Gasteiger partial charge in [0.1, 0.15) is 0 Å². The van der Waals surface area contributed by atoms with Gasteiger partial charge in [-0.2, -0.15) is 0 Å². The molecule has 5 nitrogen and oxygen atoms in total. The van der Waals surface area contributed by atoms with Gasteiger partial charge >= 0.3 is 11.8 Å². The Hall–Kier alpha value is -1.88. The second kappa shape index (κ2) is 6.52. The summed E-state index contributed by atoms with van der Waals surface area (Å²) in [6.07, 6.45) is 0. The number of piperazine rings is 1. The smallest absolute Gasteiger partial charge is 0.311 e. The molecule has 1 saturated heterocycles. The Kier molecular flexibility index (Phi) is 4.74. The van der Waals surface area contributed by atoms with Crippen LogP contribution in [0.5, 0.6) is 0 Å². The highest BCUT2D eigenvalue weighted by Crippen LogP contribution is 2.11. The maximum atomic E-state index is 12.1. The van der Waals surface area contributed by atoms with Crippen LogP contribution in [0.1, 0.15) is 18.5 Å². The third-order valence-corrected chi connectivity index (χ3v) is 3.63. The van der Waals surface area contributed by atoms with Crippen LogP contribution in [0.2, 0.25) is 0 Å². The second-order valence-electron chi connectivity index (χ2n) is 5.20. The average Bonchev–Trinajstić information content (AvgIpc) is 2.48. The van der Waals surface area contributed by atoms with Gasteiger partial charge in [-0.1, -0.05) is 30.3 Å². The van der Waals surface area contributed by atoms with Gasteiger partial charge in [0.15, 0.2) is 0 Å². The van der Waals surface area contributed by atoms with Gasteiger partial charge in [-0.15, -0.1) is 0 Å². The van der Waals surface area contributed by atoms with Crippen LogP contribution >= 0.6 is 0 Å². The van der Waals surface area contributed by atoms with Gasteiger partial charge in [0, 0.05) is 26.2 Å². The predicted octanol–water partition coefficient (Wildman–Crippen LogP) is 0.638. The highest BCUT2D eigenvalue weighted by molar-refractivity contribution is 6.35. The van der Waals surface area contributed by atoms with Gasteiger partial charge in [-0.3, -0.25) is 9.59 Å². The van der Waals surface area contributed by atoms with Gasteiger partial charge in [-0.05, 0) is 19.5 Å². The van der Waals surface area contributed by atoms with Crippen LogP contribution in [-0.4, -0.2) is 54.8 Å². The van der Waals surface area contributed by atoms with Crippen molar-refractivity contribution in [1.82, 2.24) is 15.1 Å². The lowest BCUT2D eigenvalue weighted by atomic mass is 10.1. The van der Waals surface area contributed by atoms with Crippen molar-refractivity contribution in [3.05, 3.63) is 35.9 Å². The van der Waals surface area contributed by atoms with Crippen LogP contribution in [0.3, 0.4) is 0 Å². The number of carbonyl (C=O) groups excluding carboxylic acids is 2. The molecule has 2 rings (SSSR count). The molecule has 0 spiro atoms. The van der Waals surface area contributed by atoms with Gasteiger partial charge in [-0.25, -0.2) is 0 Å². The molecule has 1 N–H and O–H groups in total. The molecule has 1 aliphatic heterocycles. The fraction of sp³-hybridized carbons (Fsp3) is 0.467. The molecule has 5 heteroatoms. The minimum Gasteiger partial charge on any atom is -0.341 e. The SMILES string of the molecule is CC(NC(=O)C(=O)N1CCN(C)CC1)c1ccccc1. The molecule has 1 aromatic rings. The monoisotopic (exact) mass is 275 g/mol. The van der Waals surface area contributed by atoms with E-state index in [-0.39, 0.29) is 6.04 Å². The fourth-order valence-corrected chi connectivity index (χ4v) is 2.24. The Labute approximate surface area is 119 Å². The van der Waals surface area contributed by atoms with E-state index >= 15 is 0 Å². The van der Waals surface area contributed by atoms with Crippen LogP contribution in [0.4, 0.5) is 0 Å². The Morgan fingerprint density at radius 1 is 1.10 bits per heavy atom. The topological polar surface area (TPSA) is 52.7 Å². The van der Waals surface area contributed by atoms with Gasteiger partial charge in [0.05, 0.1) is 6.04 Å². The zero-order valence-corrected chi connectivity index (χ0v) is 12.0. The maximum Gasteiger partial charge on any atom is 0.311 e. The Balaban J connectivity index is 1.90. The van der Waals surface area contributed by atoms with E-state index in [1.54, 1.807) is 4.90 Å². The number of amides is 2. The molecule has 1 fully saturated rings. The van der Waals surface area contributed by atoms with Crippen molar-refractivity contribution in [2.75, 3.05) is 33.2 Å². The summed E-state index contributed by atoms with van der Waals surface area (Å²) in [5, 5.41) is 2.76. The first-order chi connectivity index (χ1) is 9.58.